The molecule has 0 aliphatic carbocycles. The van der Waals surface area contributed by atoms with E-state index in [0.29, 0.717) is 36.7 Å². The van der Waals surface area contributed by atoms with Crippen molar-refractivity contribution in [1.82, 2.24) is 4.90 Å². The number of ether oxygens (including phenoxy) is 1. The van der Waals surface area contributed by atoms with E-state index in [9.17, 15) is 13.2 Å². The number of nitrogens with two attached hydrogens (primary N) is 1. The molecular formula is C19H23N3O4S. The molecule has 0 spiro atoms. The van der Waals surface area contributed by atoms with Gasteiger partial charge in [0.1, 0.15) is 5.75 Å². The minimum atomic E-state index is -3.72. The van der Waals surface area contributed by atoms with Crippen LogP contribution >= 0.6 is 0 Å². The molecule has 0 radical (unpaired) electrons. The quantitative estimate of drug-likeness (QED) is 0.787. The molecule has 0 unspecified atom stereocenters. The molecule has 0 bridgehead atoms. The van der Waals surface area contributed by atoms with Crippen LogP contribution in [-0.2, 0) is 10.0 Å². The number of likely N-dealkylation sites (tertiary alicyclic amines) is 1. The number of rotatable bonds is 6. The molecule has 144 valence electrons. The maximum atomic E-state index is 12.5. The number of amides is 1. The van der Waals surface area contributed by atoms with Gasteiger partial charge in [0, 0.05) is 30.4 Å². The van der Waals surface area contributed by atoms with Crippen LogP contribution in [0.5, 0.6) is 5.75 Å². The van der Waals surface area contributed by atoms with Gasteiger partial charge in [-0.25, -0.2) is 8.42 Å². The zero-order valence-corrected chi connectivity index (χ0v) is 15.9. The Morgan fingerprint density at radius 1 is 1.19 bits per heavy atom. The van der Waals surface area contributed by atoms with Gasteiger partial charge in [-0.05, 0) is 61.9 Å². The first-order valence-electron chi connectivity index (χ1n) is 8.79. The summed E-state index contributed by atoms with van der Waals surface area (Å²) in [5.74, 6) is 0.518. The number of carbonyl (C=O) groups is 1. The predicted molar refractivity (Wildman–Crippen MR) is 103 cm³/mol. The number of nitrogens with zero attached hydrogens (tertiary/aromatic N) is 1. The van der Waals surface area contributed by atoms with Gasteiger partial charge in [0.05, 0.1) is 11.5 Å². The van der Waals surface area contributed by atoms with Crippen molar-refractivity contribution in [2.75, 3.05) is 24.4 Å². The molecule has 2 aromatic rings. The number of carbonyl (C=O) groups excluding carboxylic acids is 1. The number of sulfonamides is 1. The molecule has 3 N–H and O–H groups in total. The van der Waals surface area contributed by atoms with Gasteiger partial charge in [-0.15, -0.1) is 0 Å². The van der Waals surface area contributed by atoms with Crippen molar-refractivity contribution in [2.45, 2.75) is 24.3 Å². The monoisotopic (exact) mass is 389 g/mol. The molecule has 1 atom stereocenters. The molecular weight excluding hydrogens is 366 g/mol. The van der Waals surface area contributed by atoms with Crippen LogP contribution in [0.3, 0.4) is 0 Å². The molecule has 3 rings (SSSR count). The van der Waals surface area contributed by atoms with E-state index in [4.69, 9.17) is 10.5 Å². The van der Waals surface area contributed by atoms with Gasteiger partial charge in [-0.3, -0.25) is 9.52 Å². The fourth-order valence-electron chi connectivity index (χ4n) is 2.93. The molecule has 1 aliphatic heterocycles. The van der Waals surface area contributed by atoms with Gasteiger partial charge >= 0.3 is 0 Å². The molecule has 1 heterocycles. The largest absolute Gasteiger partial charge is 0.494 e. The zero-order chi connectivity index (χ0) is 19.4. The average molecular weight is 389 g/mol. The van der Waals surface area contributed by atoms with Crippen molar-refractivity contribution < 1.29 is 17.9 Å². The van der Waals surface area contributed by atoms with E-state index in [1.165, 1.54) is 12.1 Å². The van der Waals surface area contributed by atoms with Gasteiger partial charge in [-0.1, -0.05) is 0 Å². The topological polar surface area (TPSA) is 102 Å². The standard InChI is InChI=1S/C19H23N3O4S/c1-2-26-17-7-9-18(10-8-17)27(24,25)21-16-5-3-14(4-6-16)19(23)22-12-11-15(20)13-22/h3-10,15,21H,2,11-13,20H2,1H3/t15-/m1/s1. The zero-order valence-electron chi connectivity index (χ0n) is 15.1. The Hall–Kier alpha value is -2.58. The van der Waals surface area contributed by atoms with Gasteiger partial charge < -0.3 is 15.4 Å². The Labute approximate surface area is 159 Å². The molecule has 1 saturated heterocycles. The molecule has 0 aromatic heterocycles. The maximum Gasteiger partial charge on any atom is 0.261 e. The minimum Gasteiger partial charge on any atom is -0.494 e. The van der Waals surface area contributed by atoms with Crippen LogP contribution in [0.2, 0.25) is 0 Å². The van der Waals surface area contributed by atoms with Crippen molar-refractivity contribution in [3.8, 4) is 5.75 Å². The normalized spacial score (nSPS) is 17.0. The molecule has 1 fully saturated rings. The average Bonchev–Trinajstić information content (AvgIpc) is 3.09. The summed E-state index contributed by atoms with van der Waals surface area (Å²) in [6.45, 7) is 3.56. The molecule has 1 amide bonds. The highest BCUT2D eigenvalue weighted by molar-refractivity contribution is 7.92. The number of hydrogen-bond donors (Lipinski definition) is 2. The summed E-state index contributed by atoms with van der Waals surface area (Å²) in [6, 6.07) is 12.6. The Morgan fingerprint density at radius 2 is 1.85 bits per heavy atom. The fraction of sp³-hybridized carbons (Fsp3) is 0.316. The lowest BCUT2D eigenvalue weighted by Gasteiger charge is -2.16. The van der Waals surface area contributed by atoms with Gasteiger partial charge in [0.15, 0.2) is 0 Å². The summed E-state index contributed by atoms with van der Waals surface area (Å²) in [6.07, 6.45) is 0.797. The second-order valence-electron chi connectivity index (χ2n) is 6.39. The summed E-state index contributed by atoms with van der Waals surface area (Å²) < 4.78 is 32.8. The summed E-state index contributed by atoms with van der Waals surface area (Å²) in [7, 11) is -3.72. The summed E-state index contributed by atoms with van der Waals surface area (Å²) >= 11 is 0. The number of benzene rings is 2. The maximum absolute atomic E-state index is 12.5. The van der Waals surface area contributed by atoms with Crippen molar-refractivity contribution in [2.24, 2.45) is 5.73 Å². The van der Waals surface area contributed by atoms with Crippen molar-refractivity contribution in [1.29, 1.82) is 0 Å². The third kappa shape index (κ3) is 4.58. The third-order valence-electron chi connectivity index (χ3n) is 4.34. The van der Waals surface area contributed by atoms with Crippen LogP contribution in [-0.4, -0.2) is 45.0 Å². The smallest absolute Gasteiger partial charge is 0.261 e. The van der Waals surface area contributed by atoms with E-state index in [2.05, 4.69) is 4.72 Å². The van der Waals surface area contributed by atoms with Gasteiger partial charge in [0.2, 0.25) is 0 Å². The lowest BCUT2D eigenvalue weighted by molar-refractivity contribution is 0.0791. The third-order valence-corrected chi connectivity index (χ3v) is 5.74. The minimum absolute atomic E-state index is 0.0224. The summed E-state index contributed by atoms with van der Waals surface area (Å²) in [5, 5.41) is 0. The first kappa shape index (κ1) is 19.2. The lowest BCUT2D eigenvalue weighted by atomic mass is 10.2. The lowest BCUT2D eigenvalue weighted by Crippen LogP contribution is -2.31. The number of nitrogens with one attached hydrogen (secondary N) is 1. The van der Waals surface area contributed by atoms with Crippen LogP contribution < -0.4 is 15.2 Å². The van der Waals surface area contributed by atoms with E-state index in [1.54, 1.807) is 41.3 Å². The molecule has 0 saturated carbocycles. The van der Waals surface area contributed by atoms with Crippen molar-refractivity contribution in [3.63, 3.8) is 0 Å². The second kappa shape index (κ2) is 7.98. The highest BCUT2D eigenvalue weighted by Gasteiger charge is 2.24. The number of anilines is 1. The molecule has 2 aromatic carbocycles. The summed E-state index contributed by atoms with van der Waals surface area (Å²) in [5.41, 5.74) is 6.73. The molecule has 27 heavy (non-hydrogen) atoms. The van der Waals surface area contributed by atoms with Crippen LogP contribution in [0.1, 0.15) is 23.7 Å². The summed E-state index contributed by atoms with van der Waals surface area (Å²) in [4.78, 5) is 14.3. The molecule has 8 heteroatoms. The van der Waals surface area contributed by atoms with E-state index in [-0.39, 0.29) is 16.8 Å². The highest BCUT2D eigenvalue weighted by Crippen LogP contribution is 2.20. The molecule has 1 aliphatic rings. The fourth-order valence-corrected chi connectivity index (χ4v) is 3.99. The van der Waals surface area contributed by atoms with Crippen LogP contribution in [0.25, 0.3) is 0 Å². The Kier molecular flexibility index (Phi) is 5.67. The van der Waals surface area contributed by atoms with E-state index in [1.807, 2.05) is 6.92 Å². The Morgan fingerprint density at radius 3 is 2.41 bits per heavy atom. The van der Waals surface area contributed by atoms with E-state index < -0.39 is 10.0 Å². The first-order valence-corrected chi connectivity index (χ1v) is 10.3. The van der Waals surface area contributed by atoms with Crippen molar-refractivity contribution >= 4 is 21.6 Å². The molecule has 7 nitrogen and oxygen atoms in total. The first-order chi connectivity index (χ1) is 12.9. The van der Waals surface area contributed by atoms with Crippen LogP contribution in [0.4, 0.5) is 5.69 Å². The predicted octanol–water partition coefficient (Wildman–Crippen LogP) is 2.06. The highest BCUT2D eigenvalue weighted by atomic mass is 32.2. The van der Waals surface area contributed by atoms with Crippen LogP contribution in [0.15, 0.2) is 53.4 Å². The Bertz CT molecular complexity index is 896. The SMILES string of the molecule is CCOc1ccc(S(=O)(=O)Nc2ccc(C(=O)N3CC[C@@H](N)C3)cc2)cc1. The van der Waals surface area contributed by atoms with Gasteiger partial charge in [0.25, 0.3) is 15.9 Å². The van der Waals surface area contributed by atoms with Gasteiger partial charge in [-0.2, -0.15) is 0 Å². The van der Waals surface area contributed by atoms with E-state index in [0.717, 1.165) is 6.42 Å². The Balaban J connectivity index is 1.69. The van der Waals surface area contributed by atoms with E-state index >= 15 is 0 Å². The van der Waals surface area contributed by atoms with Crippen molar-refractivity contribution in [3.05, 3.63) is 54.1 Å². The second-order valence-corrected chi connectivity index (χ2v) is 8.07. The number of hydrogen-bond acceptors (Lipinski definition) is 5. The van der Waals surface area contributed by atoms with Crippen LogP contribution in [0, 0.1) is 0 Å².